The van der Waals surface area contributed by atoms with Crippen LogP contribution >= 0.6 is 0 Å². The molecule has 5 heteroatoms. The van der Waals surface area contributed by atoms with E-state index in [0.717, 1.165) is 24.5 Å². The Morgan fingerprint density at radius 3 is 2.54 bits per heavy atom. The average Bonchev–Trinajstić information content (AvgIpc) is 2.57. The Morgan fingerprint density at radius 2 is 1.92 bits per heavy atom. The van der Waals surface area contributed by atoms with Crippen molar-refractivity contribution in [3.63, 3.8) is 0 Å². The van der Waals surface area contributed by atoms with Crippen molar-refractivity contribution in [2.24, 2.45) is 10.9 Å². The van der Waals surface area contributed by atoms with Crippen LogP contribution in [0.4, 0.5) is 0 Å². The van der Waals surface area contributed by atoms with Crippen molar-refractivity contribution in [1.82, 2.24) is 16.0 Å². The number of nitrogens with zero attached hydrogens (tertiary/aromatic N) is 1. The average molecular weight is 332 g/mol. The van der Waals surface area contributed by atoms with E-state index in [9.17, 15) is 4.79 Å². The summed E-state index contributed by atoms with van der Waals surface area (Å²) < 4.78 is 0. The van der Waals surface area contributed by atoms with Gasteiger partial charge in [0.1, 0.15) is 0 Å². The predicted octanol–water partition coefficient (Wildman–Crippen LogP) is 2.93. The summed E-state index contributed by atoms with van der Waals surface area (Å²) in [5, 5.41) is 9.58. The number of carbonyl (C=O) groups excluding carboxylic acids is 1. The molecule has 0 heterocycles. The van der Waals surface area contributed by atoms with Crippen LogP contribution in [0.15, 0.2) is 29.3 Å². The topological polar surface area (TPSA) is 65.5 Å². The fourth-order valence-corrected chi connectivity index (χ4v) is 2.02. The first-order valence-corrected chi connectivity index (χ1v) is 8.89. The van der Waals surface area contributed by atoms with Crippen molar-refractivity contribution in [1.29, 1.82) is 0 Å². The number of hydrogen-bond acceptors (Lipinski definition) is 2. The zero-order chi connectivity index (χ0) is 17.9. The maximum Gasteiger partial charge on any atom is 0.251 e. The van der Waals surface area contributed by atoms with Crippen LogP contribution in [0.25, 0.3) is 0 Å². The Balaban J connectivity index is 2.76. The molecule has 0 spiro atoms. The number of aliphatic imine (C=N–C) groups is 1. The van der Waals surface area contributed by atoms with Gasteiger partial charge in [0.05, 0.1) is 6.54 Å². The number of nitrogens with one attached hydrogen (secondary N) is 3. The maximum atomic E-state index is 12.0. The molecule has 3 N–H and O–H groups in total. The summed E-state index contributed by atoms with van der Waals surface area (Å²) in [5.74, 6) is 1.31. The number of rotatable bonds is 8. The molecular weight excluding hydrogens is 300 g/mol. The van der Waals surface area contributed by atoms with Gasteiger partial charge in [0, 0.05) is 24.7 Å². The van der Waals surface area contributed by atoms with E-state index in [1.807, 2.05) is 31.2 Å². The monoisotopic (exact) mass is 332 g/mol. The summed E-state index contributed by atoms with van der Waals surface area (Å²) in [5.41, 5.74) is 1.71. The number of benzene rings is 1. The lowest BCUT2D eigenvalue weighted by atomic mass is 10.1. The molecule has 0 aliphatic rings. The van der Waals surface area contributed by atoms with E-state index in [1.165, 1.54) is 0 Å². The number of amides is 1. The summed E-state index contributed by atoms with van der Waals surface area (Å²) in [6, 6.07) is 7.99. The summed E-state index contributed by atoms with van der Waals surface area (Å²) in [6.07, 6.45) is 0.932. The van der Waals surface area contributed by atoms with Gasteiger partial charge in [-0.1, -0.05) is 32.9 Å². The second-order valence-corrected chi connectivity index (χ2v) is 6.33. The second-order valence-electron chi connectivity index (χ2n) is 6.33. The normalized spacial score (nSPS) is 12.8. The summed E-state index contributed by atoms with van der Waals surface area (Å²) in [7, 11) is 0. The van der Waals surface area contributed by atoms with Crippen molar-refractivity contribution in [3.8, 4) is 0 Å². The molecule has 5 nitrogen and oxygen atoms in total. The highest BCUT2D eigenvalue weighted by molar-refractivity contribution is 5.94. The molecule has 1 rings (SSSR count). The smallest absolute Gasteiger partial charge is 0.251 e. The third kappa shape index (κ3) is 7.02. The summed E-state index contributed by atoms with van der Waals surface area (Å²) in [4.78, 5) is 16.7. The molecule has 0 radical (unpaired) electrons. The van der Waals surface area contributed by atoms with Crippen molar-refractivity contribution < 1.29 is 4.79 Å². The lowest BCUT2D eigenvalue weighted by Crippen LogP contribution is -2.44. The van der Waals surface area contributed by atoms with E-state index in [-0.39, 0.29) is 5.91 Å². The molecule has 1 unspecified atom stereocenters. The maximum absolute atomic E-state index is 12.0. The highest BCUT2D eigenvalue weighted by Gasteiger charge is 2.09. The Hall–Kier alpha value is -2.04. The van der Waals surface area contributed by atoms with E-state index >= 15 is 0 Å². The van der Waals surface area contributed by atoms with Crippen LogP contribution in [-0.2, 0) is 6.54 Å². The van der Waals surface area contributed by atoms with Crippen LogP contribution in [0.1, 0.15) is 57.0 Å². The van der Waals surface area contributed by atoms with Gasteiger partial charge in [-0.05, 0) is 43.9 Å². The van der Waals surface area contributed by atoms with E-state index in [4.69, 9.17) is 0 Å². The lowest BCUT2D eigenvalue weighted by Gasteiger charge is -2.20. The second kappa shape index (κ2) is 10.7. The van der Waals surface area contributed by atoms with Gasteiger partial charge in [-0.3, -0.25) is 4.79 Å². The standard InChI is InChI=1S/C19H32N4O/c1-6-11-21-18(24)17-10-8-9-16(12-17)13-22-19(20-7-2)23-15(5)14(3)4/h8-10,12,14-15H,6-7,11,13H2,1-5H3,(H,21,24)(H2,20,22,23). The SMILES string of the molecule is CCCNC(=O)c1cccc(CN=C(NCC)NC(C)C(C)C)c1. The first kappa shape index (κ1) is 20.0. The molecule has 1 aromatic carbocycles. The summed E-state index contributed by atoms with van der Waals surface area (Å²) in [6.45, 7) is 12.7. The van der Waals surface area contributed by atoms with Gasteiger partial charge in [0.2, 0.25) is 0 Å². The van der Waals surface area contributed by atoms with E-state index in [0.29, 0.717) is 30.6 Å². The van der Waals surface area contributed by atoms with Gasteiger partial charge in [0.25, 0.3) is 5.91 Å². The van der Waals surface area contributed by atoms with Gasteiger partial charge >= 0.3 is 0 Å². The minimum absolute atomic E-state index is 0.0267. The number of hydrogen-bond donors (Lipinski definition) is 3. The molecule has 1 aromatic rings. The molecular formula is C19H32N4O. The van der Waals surface area contributed by atoms with Crippen LogP contribution in [0.2, 0.25) is 0 Å². The number of guanidine groups is 1. The highest BCUT2D eigenvalue weighted by Crippen LogP contribution is 2.07. The molecule has 0 saturated heterocycles. The fourth-order valence-electron chi connectivity index (χ4n) is 2.02. The predicted molar refractivity (Wildman–Crippen MR) is 101 cm³/mol. The van der Waals surface area contributed by atoms with E-state index < -0.39 is 0 Å². The Morgan fingerprint density at radius 1 is 1.17 bits per heavy atom. The Labute approximate surface area is 146 Å². The van der Waals surface area contributed by atoms with Gasteiger partial charge < -0.3 is 16.0 Å². The molecule has 1 amide bonds. The Kier molecular flexibility index (Phi) is 8.90. The first-order valence-electron chi connectivity index (χ1n) is 8.89. The van der Waals surface area contributed by atoms with Gasteiger partial charge in [-0.15, -0.1) is 0 Å². The minimum atomic E-state index is -0.0267. The van der Waals surface area contributed by atoms with Gasteiger partial charge in [-0.2, -0.15) is 0 Å². The molecule has 0 aliphatic carbocycles. The van der Waals surface area contributed by atoms with Crippen molar-refractivity contribution in [2.75, 3.05) is 13.1 Å². The van der Waals surface area contributed by atoms with Crippen LogP contribution < -0.4 is 16.0 Å². The third-order valence-corrected chi connectivity index (χ3v) is 3.85. The summed E-state index contributed by atoms with van der Waals surface area (Å²) >= 11 is 0. The van der Waals surface area contributed by atoms with Gasteiger partial charge in [-0.25, -0.2) is 4.99 Å². The number of carbonyl (C=O) groups is 1. The molecule has 0 aliphatic heterocycles. The highest BCUT2D eigenvalue weighted by atomic mass is 16.1. The molecule has 0 saturated carbocycles. The van der Waals surface area contributed by atoms with Crippen LogP contribution in [0, 0.1) is 5.92 Å². The molecule has 0 fully saturated rings. The third-order valence-electron chi connectivity index (χ3n) is 3.85. The van der Waals surface area contributed by atoms with Crippen LogP contribution in [0.3, 0.4) is 0 Å². The van der Waals surface area contributed by atoms with E-state index in [1.54, 1.807) is 0 Å². The quantitative estimate of drug-likeness (QED) is 0.506. The van der Waals surface area contributed by atoms with Crippen molar-refractivity contribution in [3.05, 3.63) is 35.4 Å². The van der Waals surface area contributed by atoms with Crippen LogP contribution in [0.5, 0.6) is 0 Å². The Bertz CT molecular complexity index is 540. The van der Waals surface area contributed by atoms with E-state index in [2.05, 4.69) is 48.6 Å². The molecule has 134 valence electrons. The van der Waals surface area contributed by atoms with Crippen molar-refractivity contribution >= 4 is 11.9 Å². The molecule has 0 aromatic heterocycles. The zero-order valence-corrected chi connectivity index (χ0v) is 15.6. The lowest BCUT2D eigenvalue weighted by molar-refractivity contribution is 0.0953. The zero-order valence-electron chi connectivity index (χ0n) is 15.6. The van der Waals surface area contributed by atoms with Crippen molar-refractivity contribution in [2.45, 2.75) is 53.6 Å². The largest absolute Gasteiger partial charge is 0.357 e. The molecule has 24 heavy (non-hydrogen) atoms. The minimum Gasteiger partial charge on any atom is -0.357 e. The first-order chi connectivity index (χ1) is 11.5. The molecule has 0 bridgehead atoms. The molecule has 1 atom stereocenters. The van der Waals surface area contributed by atoms with Crippen LogP contribution in [-0.4, -0.2) is 31.0 Å². The van der Waals surface area contributed by atoms with Gasteiger partial charge in [0.15, 0.2) is 5.96 Å². The fraction of sp³-hybridized carbons (Fsp3) is 0.579.